The fraction of sp³-hybridized carbons (Fsp3) is 0.833. The minimum absolute atomic E-state index is 0.818. The first-order chi connectivity index (χ1) is 6.86. The van der Waals surface area contributed by atoms with Crippen molar-refractivity contribution in [3.8, 4) is 0 Å². The van der Waals surface area contributed by atoms with Crippen LogP contribution in [-0.2, 0) is 0 Å². The van der Waals surface area contributed by atoms with Gasteiger partial charge >= 0.3 is 0 Å². The van der Waals surface area contributed by atoms with Gasteiger partial charge in [-0.3, -0.25) is 0 Å². The first-order valence-corrected chi connectivity index (χ1v) is 5.78. The van der Waals surface area contributed by atoms with E-state index in [1.807, 2.05) is 13.8 Å². The molecule has 2 heteroatoms. The van der Waals surface area contributed by atoms with E-state index in [1.165, 1.54) is 32.5 Å². The fourth-order valence-electron chi connectivity index (χ4n) is 2.26. The lowest BCUT2D eigenvalue weighted by Crippen LogP contribution is -2.40. The Hall–Kier alpha value is -0.340. The third-order valence-corrected chi connectivity index (χ3v) is 2.78. The van der Waals surface area contributed by atoms with Crippen LogP contribution in [-0.4, -0.2) is 37.6 Å². The maximum atomic E-state index is 3.57. The molecule has 2 nitrogen and oxygen atoms in total. The lowest BCUT2D eigenvalue weighted by Gasteiger charge is -2.24. The van der Waals surface area contributed by atoms with E-state index in [0.29, 0.717) is 0 Å². The molecule has 0 bridgehead atoms. The van der Waals surface area contributed by atoms with Crippen LogP contribution in [0.3, 0.4) is 0 Å². The third-order valence-electron chi connectivity index (χ3n) is 2.78. The van der Waals surface area contributed by atoms with Crippen LogP contribution in [0.1, 0.15) is 26.7 Å². The van der Waals surface area contributed by atoms with E-state index in [-0.39, 0.29) is 0 Å². The Balaban J connectivity index is 0.000000379. The zero-order valence-corrected chi connectivity index (χ0v) is 10.1. The predicted octanol–water partition coefficient (Wildman–Crippen LogP) is 2.13. The summed E-state index contributed by atoms with van der Waals surface area (Å²) in [5.74, 6) is 0.957. The monoisotopic (exact) mass is 198 g/mol. The van der Waals surface area contributed by atoms with Gasteiger partial charge in [-0.05, 0) is 32.4 Å². The molecule has 1 N–H and O–H groups in total. The van der Waals surface area contributed by atoms with Crippen LogP contribution in [0.2, 0.25) is 0 Å². The van der Waals surface area contributed by atoms with Crippen molar-refractivity contribution in [2.75, 3.05) is 26.7 Å². The molecular weight excluding hydrogens is 172 g/mol. The average Bonchev–Trinajstić information content (AvgIpc) is 2.64. The summed E-state index contributed by atoms with van der Waals surface area (Å²) in [5.41, 5.74) is 0. The second-order valence-corrected chi connectivity index (χ2v) is 3.68. The van der Waals surface area contributed by atoms with Crippen LogP contribution >= 0.6 is 0 Å². The van der Waals surface area contributed by atoms with Gasteiger partial charge in [-0.1, -0.05) is 13.8 Å². The number of nitrogens with zero attached hydrogens (tertiary/aromatic N) is 1. The van der Waals surface area contributed by atoms with Crippen molar-refractivity contribution in [3.63, 3.8) is 0 Å². The Morgan fingerprint density at radius 1 is 1.21 bits per heavy atom. The largest absolute Gasteiger partial charge is 0.312 e. The van der Waals surface area contributed by atoms with Gasteiger partial charge in [0.05, 0.1) is 0 Å². The highest BCUT2D eigenvalue weighted by atomic mass is 15.2. The van der Waals surface area contributed by atoms with E-state index >= 15 is 0 Å². The van der Waals surface area contributed by atoms with Crippen LogP contribution in [0.4, 0.5) is 0 Å². The quantitative estimate of drug-likeness (QED) is 0.600. The normalized spacial score (nSPS) is 30.5. The molecule has 2 aliphatic heterocycles. The highest BCUT2D eigenvalue weighted by Crippen LogP contribution is 2.23. The van der Waals surface area contributed by atoms with Crippen LogP contribution in [0.25, 0.3) is 0 Å². The number of rotatable bonds is 0. The Morgan fingerprint density at radius 2 is 1.86 bits per heavy atom. The molecule has 2 rings (SSSR count). The molecule has 0 amide bonds. The molecule has 0 radical (unpaired) electrons. The number of hydrogen-bond donors (Lipinski definition) is 1. The number of piperidine rings is 1. The Kier molecular flexibility index (Phi) is 7.81. The highest BCUT2D eigenvalue weighted by Gasteiger charge is 2.31. The molecular formula is C12H26N2. The van der Waals surface area contributed by atoms with Gasteiger partial charge in [0.2, 0.25) is 0 Å². The molecule has 2 atom stereocenters. The Bertz CT molecular complexity index is 122. The Morgan fingerprint density at radius 3 is 2.43 bits per heavy atom. The highest BCUT2D eigenvalue weighted by molar-refractivity contribution is 4.90. The van der Waals surface area contributed by atoms with E-state index in [9.17, 15) is 0 Å². The van der Waals surface area contributed by atoms with Crippen molar-refractivity contribution in [3.05, 3.63) is 13.2 Å². The SMILES string of the molecule is C=C.CC.CN1CC2CCCNC2C1. The van der Waals surface area contributed by atoms with Crippen molar-refractivity contribution in [1.82, 2.24) is 10.2 Å². The molecule has 2 saturated heterocycles. The van der Waals surface area contributed by atoms with Crippen LogP contribution in [0, 0.1) is 5.92 Å². The van der Waals surface area contributed by atoms with Crippen molar-refractivity contribution in [2.24, 2.45) is 5.92 Å². The third kappa shape index (κ3) is 3.81. The lowest BCUT2D eigenvalue weighted by molar-refractivity contribution is 0.338. The number of likely N-dealkylation sites (N-methyl/N-ethyl adjacent to an activating group) is 1. The molecule has 84 valence electrons. The fourth-order valence-corrected chi connectivity index (χ4v) is 2.26. The summed E-state index contributed by atoms with van der Waals surface area (Å²) in [5, 5.41) is 3.57. The topological polar surface area (TPSA) is 15.3 Å². The lowest BCUT2D eigenvalue weighted by atomic mass is 9.94. The predicted molar refractivity (Wildman–Crippen MR) is 64.6 cm³/mol. The van der Waals surface area contributed by atoms with E-state index < -0.39 is 0 Å². The van der Waals surface area contributed by atoms with Gasteiger partial charge in [0.25, 0.3) is 0 Å². The number of likely N-dealkylation sites (tertiary alicyclic amines) is 1. The smallest absolute Gasteiger partial charge is 0.0235 e. The summed E-state index contributed by atoms with van der Waals surface area (Å²) in [6.45, 7) is 13.8. The summed E-state index contributed by atoms with van der Waals surface area (Å²) < 4.78 is 0. The summed E-state index contributed by atoms with van der Waals surface area (Å²) in [4.78, 5) is 2.44. The maximum absolute atomic E-state index is 3.57. The first kappa shape index (κ1) is 13.7. The van der Waals surface area contributed by atoms with E-state index in [1.54, 1.807) is 0 Å². The van der Waals surface area contributed by atoms with Crippen molar-refractivity contribution in [1.29, 1.82) is 0 Å². The van der Waals surface area contributed by atoms with Gasteiger partial charge in [0.15, 0.2) is 0 Å². The zero-order valence-electron chi connectivity index (χ0n) is 10.1. The molecule has 2 unspecified atom stereocenters. The molecule has 2 fully saturated rings. The molecule has 2 aliphatic rings. The molecule has 0 aromatic carbocycles. The van der Waals surface area contributed by atoms with Gasteiger partial charge in [-0.2, -0.15) is 0 Å². The number of hydrogen-bond acceptors (Lipinski definition) is 2. The second kappa shape index (κ2) is 8.01. The molecule has 0 aliphatic carbocycles. The summed E-state index contributed by atoms with van der Waals surface area (Å²) in [6, 6.07) is 0.818. The second-order valence-electron chi connectivity index (χ2n) is 3.68. The first-order valence-electron chi connectivity index (χ1n) is 5.78. The van der Waals surface area contributed by atoms with Crippen LogP contribution < -0.4 is 5.32 Å². The van der Waals surface area contributed by atoms with Crippen molar-refractivity contribution >= 4 is 0 Å². The van der Waals surface area contributed by atoms with E-state index in [4.69, 9.17) is 0 Å². The molecule has 0 aromatic heterocycles. The van der Waals surface area contributed by atoms with E-state index in [0.717, 1.165) is 12.0 Å². The van der Waals surface area contributed by atoms with Crippen molar-refractivity contribution in [2.45, 2.75) is 32.7 Å². The minimum Gasteiger partial charge on any atom is -0.312 e. The summed E-state index contributed by atoms with van der Waals surface area (Å²) >= 11 is 0. The molecule has 0 saturated carbocycles. The van der Waals surface area contributed by atoms with Crippen molar-refractivity contribution < 1.29 is 0 Å². The van der Waals surface area contributed by atoms with Gasteiger partial charge in [0.1, 0.15) is 0 Å². The number of fused-ring (bicyclic) bond motifs is 1. The number of nitrogens with one attached hydrogen (secondary N) is 1. The Labute approximate surface area is 89.4 Å². The summed E-state index contributed by atoms with van der Waals surface area (Å²) in [7, 11) is 2.22. The average molecular weight is 198 g/mol. The van der Waals surface area contributed by atoms with Gasteiger partial charge in [0, 0.05) is 19.1 Å². The molecule has 2 heterocycles. The molecule has 0 aromatic rings. The standard InChI is InChI=1S/C8H16N2.C2H6.C2H4/c1-10-5-7-3-2-4-9-8(7)6-10;2*1-2/h7-9H,2-6H2,1H3;1-2H3;1-2H2. The minimum atomic E-state index is 0.818. The maximum Gasteiger partial charge on any atom is 0.0235 e. The molecule has 14 heavy (non-hydrogen) atoms. The zero-order chi connectivity index (χ0) is 11.0. The van der Waals surface area contributed by atoms with Crippen LogP contribution in [0.5, 0.6) is 0 Å². The van der Waals surface area contributed by atoms with Crippen LogP contribution in [0.15, 0.2) is 13.2 Å². The van der Waals surface area contributed by atoms with Gasteiger partial charge in [-0.15, -0.1) is 13.2 Å². The van der Waals surface area contributed by atoms with Gasteiger partial charge < -0.3 is 10.2 Å². The van der Waals surface area contributed by atoms with E-state index in [2.05, 4.69) is 30.4 Å². The summed E-state index contributed by atoms with van der Waals surface area (Å²) in [6.07, 6.45) is 2.83. The van der Waals surface area contributed by atoms with Gasteiger partial charge in [-0.25, -0.2) is 0 Å². The molecule has 0 spiro atoms.